The summed E-state index contributed by atoms with van der Waals surface area (Å²) >= 11 is 0. The number of carboxylic acids is 1. The molecule has 0 aromatic heterocycles. The molecule has 19 heavy (non-hydrogen) atoms. The minimum Gasteiger partial charge on any atom is -0.481 e. The number of aliphatic carboxylic acids is 1. The zero-order chi connectivity index (χ0) is 14.2. The van der Waals surface area contributed by atoms with Gasteiger partial charge in [0.05, 0.1) is 5.92 Å². The van der Waals surface area contributed by atoms with E-state index in [-0.39, 0.29) is 24.1 Å². The average molecular weight is 270 g/mol. The Bertz CT molecular complexity index is 363. The highest BCUT2D eigenvalue weighted by Crippen LogP contribution is 2.31. The van der Waals surface area contributed by atoms with Crippen LogP contribution in [0.25, 0.3) is 0 Å². The Kier molecular flexibility index (Phi) is 3.71. The van der Waals surface area contributed by atoms with E-state index >= 15 is 0 Å². The highest BCUT2D eigenvalue weighted by molar-refractivity contribution is 5.73. The second-order valence-corrected chi connectivity index (χ2v) is 6.36. The molecule has 2 aliphatic heterocycles. The van der Waals surface area contributed by atoms with Gasteiger partial charge in [-0.2, -0.15) is 0 Å². The minimum absolute atomic E-state index is 0.0801. The number of hydrogen-bond acceptors (Lipinski definition) is 4. The van der Waals surface area contributed by atoms with Gasteiger partial charge in [0.1, 0.15) is 5.60 Å². The van der Waals surface area contributed by atoms with Crippen molar-refractivity contribution in [2.75, 3.05) is 13.1 Å². The molecule has 2 unspecified atom stereocenters. The van der Waals surface area contributed by atoms with Crippen molar-refractivity contribution >= 4 is 12.1 Å². The molecule has 6 nitrogen and oxygen atoms in total. The normalized spacial score (nSPS) is 30.9. The molecule has 2 atom stereocenters. The molecule has 2 heterocycles. The van der Waals surface area contributed by atoms with Crippen molar-refractivity contribution in [2.24, 2.45) is 5.92 Å². The van der Waals surface area contributed by atoms with E-state index in [0.717, 1.165) is 0 Å². The largest absolute Gasteiger partial charge is 0.481 e. The van der Waals surface area contributed by atoms with E-state index in [1.165, 1.54) is 0 Å². The van der Waals surface area contributed by atoms with Gasteiger partial charge in [-0.05, 0) is 33.6 Å². The van der Waals surface area contributed by atoms with Crippen molar-refractivity contribution in [3.05, 3.63) is 0 Å². The number of ether oxygens (including phenoxy) is 1. The van der Waals surface area contributed by atoms with Crippen molar-refractivity contribution in [3.8, 4) is 0 Å². The lowest BCUT2D eigenvalue weighted by Crippen LogP contribution is -2.64. The monoisotopic (exact) mass is 270 g/mol. The second kappa shape index (κ2) is 5.00. The Hall–Kier alpha value is -1.30. The van der Waals surface area contributed by atoms with E-state index in [4.69, 9.17) is 9.84 Å². The zero-order valence-electron chi connectivity index (χ0n) is 11.7. The second-order valence-electron chi connectivity index (χ2n) is 6.36. The van der Waals surface area contributed by atoms with Crippen LogP contribution in [0.15, 0.2) is 0 Å². The van der Waals surface area contributed by atoms with E-state index in [1.807, 2.05) is 20.8 Å². The molecule has 2 rings (SSSR count). The third kappa shape index (κ3) is 3.18. The number of rotatable bonds is 1. The first kappa shape index (κ1) is 14.1. The van der Waals surface area contributed by atoms with Crippen LogP contribution in [-0.4, -0.2) is 52.8 Å². The van der Waals surface area contributed by atoms with E-state index < -0.39 is 11.6 Å². The maximum Gasteiger partial charge on any atom is 0.410 e. The van der Waals surface area contributed by atoms with Crippen LogP contribution in [0.4, 0.5) is 4.79 Å². The van der Waals surface area contributed by atoms with Crippen LogP contribution >= 0.6 is 0 Å². The summed E-state index contributed by atoms with van der Waals surface area (Å²) < 4.78 is 5.42. The van der Waals surface area contributed by atoms with Gasteiger partial charge in [0.25, 0.3) is 0 Å². The number of amides is 1. The molecule has 0 spiro atoms. The molecule has 2 bridgehead atoms. The first-order valence-electron chi connectivity index (χ1n) is 6.73. The van der Waals surface area contributed by atoms with Crippen LogP contribution in [0.2, 0.25) is 0 Å². The fourth-order valence-electron chi connectivity index (χ4n) is 2.87. The van der Waals surface area contributed by atoms with Gasteiger partial charge in [-0.15, -0.1) is 0 Å². The standard InChI is InChI=1S/C13H22N2O4/c1-13(2,3)19-12(18)15-9-4-8(11(16)17)5-10(15)7-14-6-9/h8-10,14H,4-7H2,1-3H3,(H,16,17). The first-order chi connectivity index (χ1) is 8.78. The summed E-state index contributed by atoms with van der Waals surface area (Å²) in [5.41, 5.74) is -0.525. The maximum absolute atomic E-state index is 12.2. The number of fused-ring (bicyclic) bond motifs is 2. The van der Waals surface area contributed by atoms with Gasteiger partial charge < -0.3 is 15.2 Å². The molecular weight excluding hydrogens is 248 g/mol. The van der Waals surface area contributed by atoms with Gasteiger partial charge in [0, 0.05) is 25.2 Å². The summed E-state index contributed by atoms with van der Waals surface area (Å²) in [7, 11) is 0. The van der Waals surface area contributed by atoms with Gasteiger partial charge in [-0.1, -0.05) is 0 Å². The number of carbonyl (C=O) groups is 2. The van der Waals surface area contributed by atoms with Crippen molar-refractivity contribution in [1.82, 2.24) is 10.2 Å². The fraction of sp³-hybridized carbons (Fsp3) is 0.846. The highest BCUT2D eigenvalue weighted by Gasteiger charge is 2.44. The number of piperidine rings is 1. The highest BCUT2D eigenvalue weighted by atomic mass is 16.6. The van der Waals surface area contributed by atoms with Gasteiger partial charge in [0.15, 0.2) is 0 Å². The average Bonchev–Trinajstić information content (AvgIpc) is 2.24. The molecule has 0 radical (unpaired) electrons. The van der Waals surface area contributed by atoms with Gasteiger partial charge >= 0.3 is 12.1 Å². The summed E-state index contributed by atoms with van der Waals surface area (Å²) in [6.45, 7) is 6.79. The van der Waals surface area contributed by atoms with Crippen molar-refractivity contribution in [3.63, 3.8) is 0 Å². The van der Waals surface area contributed by atoms with Crippen LogP contribution in [0.3, 0.4) is 0 Å². The number of nitrogens with zero attached hydrogens (tertiary/aromatic N) is 1. The maximum atomic E-state index is 12.2. The number of piperazine rings is 1. The van der Waals surface area contributed by atoms with Crippen LogP contribution < -0.4 is 5.32 Å². The Morgan fingerprint density at radius 1 is 1.21 bits per heavy atom. The fourth-order valence-corrected chi connectivity index (χ4v) is 2.87. The molecule has 2 aliphatic rings. The SMILES string of the molecule is CC(C)(C)OC(=O)N1C2CNCC1CC(C(=O)O)C2. The summed E-state index contributed by atoms with van der Waals surface area (Å²) in [5, 5.41) is 12.4. The number of carbonyl (C=O) groups excluding carboxylic acids is 1. The van der Waals surface area contributed by atoms with E-state index in [2.05, 4.69) is 5.32 Å². The van der Waals surface area contributed by atoms with Crippen LogP contribution in [0.5, 0.6) is 0 Å². The topological polar surface area (TPSA) is 78.9 Å². The molecular formula is C13H22N2O4. The predicted octanol–water partition coefficient (Wildman–Crippen LogP) is 1.06. The minimum atomic E-state index is -0.763. The summed E-state index contributed by atoms with van der Waals surface area (Å²) in [6.07, 6.45) is 0.670. The van der Waals surface area contributed by atoms with E-state index in [9.17, 15) is 9.59 Å². The van der Waals surface area contributed by atoms with Crippen LogP contribution in [0, 0.1) is 5.92 Å². The zero-order valence-corrected chi connectivity index (χ0v) is 11.7. The molecule has 2 N–H and O–H groups in total. The Labute approximate surface area is 113 Å². The third-order valence-electron chi connectivity index (χ3n) is 3.61. The Balaban J connectivity index is 2.10. The molecule has 1 amide bonds. The summed E-state index contributed by atoms with van der Waals surface area (Å²) in [6, 6.07) is -0.160. The molecule has 0 saturated carbocycles. The molecule has 6 heteroatoms. The van der Waals surface area contributed by atoms with Gasteiger partial charge in [0.2, 0.25) is 0 Å². The number of hydrogen-bond donors (Lipinski definition) is 2. The van der Waals surface area contributed by atoms with Crippen molar-refractivity contribution in [1.29, 1.82) is 0 Å². The predicted molar refractivity (Wildman–Crippen MR) is 68.9 cm³/mol. The Morgan fingerprint density at radius 3 is 2.16 bits per heavy atom. The molecule has 108 valence electrons. The molecule has 0 aromatic carbocycles. The van der Waals surface area contributed by atoms with E-state index in [1.54, 1.807) is 4.90 Å². The lowest BCUT2D eigenvalue weighted by atomic mass is 9.84. The summed E-state index contributed by atoms with van der Waals surface area (Å²) in [5.74, 6) is -1.11. The quantitative estimate of drug-likeness (QED) is 0.745. The smallest absolute Gasteiger partial charge is 0.410 e. The van der Waals surface area contributed by atoms with Crippen molar-refractivity contribution < 1.29 is 19.4 Å². The molecule has 2 saturated heterocycles. The molecule has 2 fully saturated rings. The first-order valence-corrected chi connectivity index (χ1v) is 6.73. The lowest BCUT2D eigenvalue weighted by Gasteiger charge is -2.47. The molecule has 0 aliphatic carbocycles. The van der Waals surface area contributed by atoms with E-state index in [0.29, 0.717) is 25.9 Å². The summed E-state index contributed by atoms with van der Waals surface area (Å²) in [4.78, 5) is 25.1. The van der Waals surface area contributed by atoms with Crippen molar-refractivity contribution in [2.45, 2.75) is 51.3 Å². The lowest BCUT2D eigenvalue weighted by molar-refractivity contribution is -0.145. The van der Waals surface area contributed by atoms with Gasteiger partial charge in [-0.3, -0.25) is 9.69 Å². The third-order valence-corrected chi connectivity index (χ3v) is 3.61. The van der Waals surface area contributed by atoms with Crippen LogP contribution in [0.1, 0.15) is 33.6 Å². The van der Waals surface area contributed by atoms with Gasteiger partial charge in [-0.25, -0.2) is 4.79 Å². The van der Waals surface area contributed by atoms with Crippen LogP contribution in [-0.2, 0) is 9.53 Å². The number of carboxylic acid groups (broad SMARTS) is 1. The number of nitrogens with one attached hydrogen (secondary N) is 1. The Morgan fingerprint density at radius 2 is 1.74 bits per heavy atom. The molecule has 0 aromatic rings.